The van der Waals surface area contributed by atoms with Crippen LogP contribution in [0.3, 0.4) is 0 Å². The SMILES string of the molecule is O=S(=O)(NC1CCC(NCCc2cc(F)ccc2F)CC1)c1ccc(N2CCC3(CCOC3)CC2)nc1. The maximum absolute atomic E-state index is 13.8. The zero-order valence-electron chi connectivity index (χ0n) is 21.1. The smallest absolute Gasteiger partial charge is 0.242 e. The Bertz CT molecular complexity index is 1150. The Morgan fingerprint density at radius 2 is 1.78 bits per heavy atom. The second-order valence-electron chi connectivity index (χ2n) is 10.8. The van der Waals surface area contributed by atoms with E-state index in [9.17, 15) is 17.2 Å². The zero-order valence-corrected chi connectivity index (χ0v) is 21.9. The molecule has 10 heteroatoms. The van der Waals surface area contributed by atoms with Gasteiger partial charge in [0.1, 0.15) is 22.3 Å². The van der Waals surface area contributed by atoms with Crippen molar-refractivity contribution in [1.29, 1.82) is 0 Å². The van der Waals surface area contributed by atoms with Gasteiger partial charge in [-0.15, -0.1) is 0 Å². The van der Waals surface area contributed by atoms with E-state index in [0.717, 1.165) is 89.2 Å². The third kappa shape index (κ3) is 6.47. The first-order valence-corrected chi connectivity index (χ1v) is 14.8. The average molecular weight is 535 g/mol. The van der Waals surface area contributed by atoms with Gasteiger partial charge in [0.25, 0.3) is 0 Å². The monoisotopic (exact) mass is 534 g/mol. The van der Waals surface area contributed by atoms with E-state index in [1.807, 2.05) is 0 Å². The molecule has 0 atom stereocenters. The van der Waals surface area contributed by atoms with E-state index in [0.29, 0.717) is 23.9 Å². The number of rotatable bonds is 8. The molecule has 0 amide bonds. The minimum Gasteiger partial charge on any atom is -0.381 e. The number of hydrogen-bond acceptors (Lipinski definition) is 6. The van der Waals surface area contributed by atoms with E-state index in [2.05, 4.69) is 19.9 Å². The van der Waals surface area contributed by atoms with Gasteiger partial charge < -0.3 is 15.0 Å². The van der Waals surface area contributed by atoms with Crippen molar-refractivity contribution in [2.24, 2.45) is 5.41 Å². The molecule has 2 aromatic rings. The summed E-state index contributed by atoms with van der Waals surface area (Å²) in [4.78, 5) is 6.89. The lowest BCUT2D eigenvalue weighted by Crippen LogP contribution is -2.42. The molecule has 2 N–H and O–H groups in total. The van der Waals surface area contributed by atoms with Gasteiger partial charge in [-0.05, 0) is 99.2 Å². The minimum absolute atomic E-state index is 0.129. The Morgan fingerprint density at radius 1 is 1.03 bits per heavy atom. The normalized spacial score (nSPS) is 24.0. The molecular formula is C27H36F2N4O3S. The molecule has 1 aromatic heterocycles. The first kappa shape index (κ1) is 26.5. The molecule has 5 rings (SSSR count). The molecule has 202 valence electrons. The number of halogens is 2. The summed E-state index contributed by atoms with van der Waals surface area (Å²) in [5.74, 6) is -0.0157. The summed E-state index contributed by atoms with van der Waals surface area (Å²) in [6.07, 6.45) is 8.22. The fourth-order valence-electron chi connectivity index (χ4n) is 5.82. The molecule has 37 heavy (non-hydrogen) atoms. The first-order valence-electron chi connectivity index (χ1n) is 13.3. The van der Waals surface area contributed by atoms with Gasteiger partial charge in [-0.2, -0.15) is 0 Å². The van der Waals surface area contributed by atoms with Crippen molar-refractivity contribution in [3.05, 3.63) is 53.7 Å². The van der Waals surface area contributed by atoms with E-state index in [4.69, 9.17) is 4.74 Å². The van der Waals surface area contributed by atoms with Crippen LogP contribution in [0.5, 0.6) is 0 Å². The number of benzene rings is 1. The van der Waals surface area contributed by atoms with Crippen LogP contribution in [0.1, 0.15) is 50.5 Å². The van der Waals surface area contributed by atoms with Crippen molar-refractivity contribution < 1.29 is 21.9 Å². The standard InChI is InChI=1S/C27H36F2N4O3S/c28-21-1-7-25(29)20(17-21)9-13-30-22-2-4-23(5-3-22)32-37(34,35)24-6-8-26(31-18-24)33-14-10-27(11-15-33)12-16-36-19-27/h1,6-8,17-18,22-23,30,32H,2-5,9-16,19H2. The van der Waals surface area contributed by atoms with Gasteiger partial charge in [0.15, 0.2) is 0 Å². The third-order valence-corrected chi connectivity index (χ3v) is 9.75. The van der Waals surface area contributed by atoms with E-state index in [1.54, 1.807) is 12.1 Å². The van der Waals surface area contributed by atoms with Crippen LogP contribution in [0.25, 0.3) is 0 Å². The molecular weight excluding hydrogens is 498 g/mol. The van der Waals surface area contributed by atoms with Crippen molar-refractivity contribution in [3.8, 4) is 0 Å². The van der Waals surface area contributed by atoms with Crippen molar-refractivity contribution in [2.75, 3.05) is 37.7 Å². The van der Waals surface area contributed by atoms with Gasteiger partial charge in [-0.3, -0.25) is 0 Å². The zero-order chi connectivity index (χ0) is 25.9. The molecule has 2 saturated heterocycles. The Morgan fingerprint density at radius 3 is 2.46 bits per heavy atom. The molecule has 3 aliphatic rings. The average Bonchev–Trinajstić information content (AvgIpc) is 3.35. The van der Waals surface area contributed by atoms with Gasteiger partial charge in [0.2, 0.25) is 10.0 Å². The van der Waals surface area contributed by atoms with Crippen LogP contribution in [0, 0.1) is 17.0 Å². The second kappa shape index (κ2) is 11.3. The van der Waals surface area contributed by atoms with Crippen molar-refractivity contribution in [1.82, 2.24) is 15.0 Å². The van der Waals surface area contributed by atoms with Gasteiger partial charge >= 0.3 is 0 Å². The summed E-state index contributed by atoms with van der Waals surface area (Å²) in [5, 5.41) is 3.40. The highest BCUT2D eigenvalue weighted by molar-refractivity contribution is 7.89. The molecule has 1 aliphatic carbocycles. The lowest BCUT2D eigenvalue weighted by atomic mass is 9.78. The number of ether oxygens (including phenoxy) is 1. The molecule has 3 fully saturated rings. The molecule has 3 heterocycles. The Labute approximate surface area is 218 Å². The van der Waals surface area contributed by atoms with E-state index >= 15 is 0 Å². The molecule has 7 nitrogen and oxygen atoms in total. The molecule has 1 aromatic carbocycles. The number of nitrogens with one attached hydrogen (secondary N) is 2. The lowest BCUT2D eigenvalue weighted by molar-refractivity contribution is 0.133. The summed E-state index contributed by atoms with van der Waals surface area (Å²) in [5.41, 5.74) is 0.679. The van der Waals surface area contributed by atoms with Crippen LogP contribution in [0.15, 0.2) is 41.4 Å². The van der Waals surface area contributed by atoms with Crippen LogP contribution in [0.4, 0.5) is 14.6 Å². The van der Waals surface area contributed by atoms with Crippen molar-refractivity contribution >= 4 is 15.8 Å². The van der Waals surface area contributed by atoms with Crippen LogP contribution >= 0.6 is 0 Å². The Kier molecular flexibility index (Phi) is 8.09. The first-order chi connectivity index (χ1) is 17.8. The lowest BCUT2D eigenvalue weighted by Gasteiger charge is -2.38. The minimum atomic E-state index is -3.65. The van der Waals surface area contributed by atoms with Gasteiger partial charge in [-0.25, -0.2) is 26.9 Å². The Hall–Kier alpha value is -2.14. The van der Waals surface area contributed by atoms with E-state index < -0.39 is 21.7 Å². The molecule has 2 aliphatic heterocycles. The predicted octanol–water partition coefficient (Wildman–Crippen LogP) is 3.79. The number of sulfonamides is 1. The quantitative estimate of drug-likeness (QED) is 0.536. The largest absolute Gasteiger partial charge is 0.381 e. The van der Waals surface area contributed by atoms with Crippen LogP contribution in [-0.4, -0.2) is 58.3 Å². The highest BCUT2D eigenvalue weighted by Gasteiger charge is 2.38. The van der Waals surface area contributed by atoms with E-state index in [-0.39, 0.29) is 17.0 Å². The highest BCUT2D eigenvalue weighted by atomic mass is 32.2. The number of hydrogen-bond donors (Lipinski definition) is 2. The molecule has 0 radical (unpaired) electrons. The van der Waals surface area contributed by atoms with E-state index in [1.165, 1.54) is 12.3 Å². The second-order valence-corrected chi connectivity index (χ2v) is 12.5. The third-order valence-electron chi connectivity index (χ3n) is 8.25. The number of anilines is 1. The van der Waals surface area contributed by atoms with Crippen LogP contribution < -0.4 is 14.9 Å². The fraction of sp³-hybridized carbons (Fsp3) is 0.593. The number of piperidine rings is 1. The number of aromatic nitrogens is 1. The predicted molar refractivity (Wildman–Crippen MR) is 138 cm³/mol. The van der Waals surface area contributed by atoms with Crippen LogP contribution in [0.2, 0.25) is 0 Å². The number of pyridine rings is 1. The fourth-order valence-corrected chi connectivity index (χ4v) is 7.07. The molecule has 0 bridgehead atoms. The number of nitrogens with zero attached hydrogens (tertiary/aromatic N) is 2. The Balaban J connectivity index is 1.07. The van der Waals surface area contributed by atoms with Crippen molar-refractivity contribution in [3.63, 3.8) is 0 Å². The summed E-state index contributed by atoms with van der Waals surface area (Å²) < 4.78 is 61.5. The van der Waals surface area contributed by atoms with Crippen molar-refractivity contribution in [2.45, 2.75) is 68.3 Å². The maximum Gasteiger partial charge on any atom is 0.242 e. The summed E-state index contributed by atoms with van der Waals surface area (Å²) in [6, 6.07) is 7.06. The van der Waals surface area contributed by atoms with Crippen LogP contribution in [-0.2, 0) is 21.2 Å². The molecule has 1 spiro atoms. The highest BCUT2D eigenvalue weighted by Crippen LogP contribution is 2.39. The van der Waals surface area contributed by atoms with Gasteiger partial charge in [0.05, 0.1) is 6.61 Å². The summed E-state index contributed by atoms with van der Waals surface area (Å²) >= 11 is 0. The van der Waals surface area contributed by atoms with Gasteiger partial charge in [-0.1, -0.05) is 0 Å². The molecule has 1 saturated carbocycles. The molecule has 0 unspecified atom stereocenters. The topological polar surface area (TPSA) is 83.6 Å². The summed E-state index contributed by atoms with van der Waals surface area (Å²) in [6.45, 7) is 4.08. The summed E-state index contributed by atoms with van der Waals surface area (Å²) in [7, 11) is -3.65. The van der Waals surface area contributed by atoms with Gasteiger partial charge in [0, 0.05) is 38.0 Å². The maximum atomic E-state index is 13.8.